The van der Waals surface area contributed by atoms with E-state index in [2.05, 4.69) is 34.3 Å². The van der Waals surface area contributed by atoms with Crippen LogP contribution in [-0.4, -0.2) is 30.2 Å². The van der Waals surface area contributed by atoms with Gasteiger partial charge in [-0.25, -0.2) is 0 Å². The Kier molecular flexibility index (Phi) is 3.50. The Bertz CT molecular complexity index is 371. The fourth-order valence-corrected chi connectivity index (χ4v) is 3.06. The predicted molar refractivity (Wildman–Crippen MR) is 74.8 cm³/mol. The zero-order chi connectivity index (χ0) is 12.4. The molecule has 3 heteroatoms. The van der Waals surface area contributed by atoms with E-state index in [1.807, 2.05) is 12.4 Å². The number of rotatable bonds is 4. The summed E-state index contributed by atoms with van der Waals surface area (Å²) < 4.78 is 0. The summed E-state index contributed by atoms with van der Waals surface area (Å²) in [4.78, 5) is 6.56. The van der Waals surface area contributed by atoms with Crippen LogP contribution in [0.2, 0.25) is 0 Å². The summed E-state index contributed by atoms with van der Waals surface area (Å²) in [5.41, 5.74) is 1.32. The molecule has 0 amide bonds. The summed E-state index contributed by atoms with van der Waals surface area (Å²) in [6.07, 6.45) is 9.06. The average molecular weight is 245 g/mol. The molecule has 0 bridgehead atoms. The van der Waals surface area contributed by atoms with E-state index < -0.39 is 0 Å². The summed E-state index contributed by atoms with van der Waals surface area (Å²) in [7, 11) is 0. The first-order chi connectivity index (χ1) is 8.86. The maximum absolute atomic E-state index is 4.08. The van der Waals surface area contributed by atoms with Crippen LogP contribution in [0, 0.1) is 5.92 Å². The van der Waals surface area contributed by atoms with Gasteiger partial charge in [0.2, 0.25) is 0 Å². The van der Waals surface area contributed by atoms with Crippen LogP contribution in [0.15, 0.2) is 24.5 Å². The van der Waals surface area contributed by atoms with Crippen LogP contribution in [0.25, 0.3) is 0 Å². The smallest absolute Gasteiger partial charge is 0.0397 e. The summed E-state index contributed by atoms with van der Waals surface area (Å²) in [6, 6.07) is 5.79. The van der Waals surface area contributed by atoms with Crippen LogP contribution in [0.5, 0.6) is 0 Å². The van der Waals surface area contributed by atoms with Gasteiger partial charge in [0.1, 0.15) is 0 Å². The maximum Gasteiger partial charge on any atom is 0.0397 e. The van der Waals surface area contributed by atoms with Gasteiger partial charge in [-0.2, -0.15) is 0 Å². The average Bonchev–Trinajstić information content (AvgIpc) is 3.19. The maximum atomic E-state index is 4.08. The second-order valence-electron chi connectivity index (χ2n) is 5.64. The summed E-state index contributed by atoms with van der Waals surface area (Å²) in [5.74, 6) is 0.961. The Morgan fingerprint density at radius 1 is 1.28 bits per heavy atom. The van der Waals surface area contributed by atoms with Crippen molar-refractivity contribution in [3.63, 3.8) is 0 Å². The molecule has 2 atom stereocenters. The lowest BCUT2D eigenvalue weighted by Crippen LogP contribution is -2.43. The van der Waals surface area contributed by atoms with E-state index in [0.29, 0.717) is 0 Å². The predicted octanol–water partition coefficient (Wildman–Crippen LogP) is 2.44. The van der Waals surface area contributed by atoms with Crippen molar-refractivity contribution in [2.24, 2.45) is 5.92 Å². The highest BCUT2D eigenvalue weighted by Gasteiger charge is 2.36. The van der Waals surface area contributed by atoms with Crippen LogP contribution in [0.1, 0.15) is 32.6 Å². The van der Waals surface area contributed by atoms with Crippen LogP contribution >= 0.6 is 0 Å². The van der Waals surface area contributed by atoms with Crippen molar-refractivity contribution < 1.29 is 0 Å². The fraction of sp³-hybridized carbons (Fsp3) is 0.667. The van der Waals surface area contributed by atoms with E-state index in [9.17, 15) is 0 Å². The second-order valence-corrected chi connectivity index (χ2v) is 5.64. The Labute approximate surface area is 110 Å². The van der Waals surface area contributed by atoms with E-state index in [1.54, 1.807) is 0 Å². The van der Waals surface area contributed by atoms with Crippen molar-refractivity contribution in [3.8, 4) is 0 Å². The molecule has 98 valence electrons. The Morgan fingerprint density at radius 2 is 2.00 bits per heavy atom. The van der Waals surface area contributed by atoms with E-state index >= 15 is 0 Å². The third kappa shape index (κ3) is 2.66. The number of anilines is 1. The first-order valence-corrected chi connectivity index (χ1v) is 7.28. The van der Waals surface area contributed by atoms with Crippen LogP contribution < -0.4 is 10.2 Å². The van der Waals surface area contributed by atoms with Gasteiger partial charge >= 0.3 is 0 Å². The van der Waals surface area contributed by atoms with Gasteiger partial charge in [-0.05, 0) is 37.3 Å². The van der Waals surface area contributed by atoms with E-state index in [4.69, 9.17) is 0 Å². The molecular formula is C15H23N3. The first-order valence-electron chi connectivity index (χ1n) is 7.28. The van der Waals surface area contributed by atoms with Gasteiger partial charge in [-0.3, -0.25) is 4.98 Å². The standard InChI is InChI=1S/C15H23N3/c1-2-12-11-15(12)17-13-5-9-18(10-6-13)14-3-7-16-8-4-14/h3-4,7-8,12-13,15,17H,2,5-6,9-11H2,1H3. The minimum atomic E-state index is 0.740. The number of nitrogens with zero attached hydrogens (tertiary/aromatic N) is 2. The zero-order valence-electron chi connectivity index (χ0n) is 11.2. The molecular weight excluding hydrogens is 222 g/mol. The fourth-order valence-electron chi connectivity index (χ4n) is 3.06. The molecule has 2 heterocycles. The van der Waals surface area contributed by atoms with Gasteiger partial charge < -0.3 is 10.2 Å². The highest BCUT2D eigenvalue weighted by Crippen LogP contribution is 2.34. The van der Waals surface area contributed by atoms with Crippen LogP contribution in [-0.2, 0) is 0 Å². The Hall–Kier alpha value is -1.09. The van der Waals surface area contributed by atoms with E-state index in [-0.39, 0.29) is 0 Å². The van der Waals surface area contributed by atoms with Gasteiger partial charge in [0.05, 0.1) is 0 Å². The van der Waals surface area contributed by atoms with Gasteiger partial charge in [-0.1, -0.05) is 13.3 Å². The molecule has 1 aliphatic carbocycles. The molecule has 1 aliphatic heterocycles. The molecule has 1 aromatic heterocycles. The molecule has 0 aromatic carbocycles. The Morgan fingerprint density at radius 3 is 2.61 bits per heavy atom. The first kappa shape index (κ1) is 12.0. The van der Waals surface area contributed by atoms with Crippen molar-refractivity contribution in [2.45, 2.75) is 44.7 Å². The molecule has 0 radical (unpaired) electrons. The molecule has 2 unspecified atom stereocenters. The van der Waals surface area contributed by atoms with Crippen LogP contribution in [0.3, 0.4) is 0 Å². The topological polar surface area (TPSA) is 28.2 Å². The normalized spacial score (nSPS) is 28.4. The van der Waals surface area contributed by atoms with Crippen molar-refractivity contribution in [3.05, 3.63) is 24.5 Å². The van der Waals surface area contributed by atoms with Crippen molar-refractivity contribution in [2.75, 3.05) is 18.0 Å². The minimum absolute atomic E-state index is 0.740. The zero-order valence-corrected chi connectivity index (χ0v) is 11.2. The summed E-state index contributed by atoms with van der Waals surface area (Å²) in [5, 5.41) is 3.83. The number of nitrogens with one attached hydrogen (secondary N) is 1. The Balaban J connectivity index is 1.47. The molecule has 1 saturated carbocycles. The number of hydrogen-bond acceptors (Lipinski definition) is 3. The quantitative estimate of drug-likeness (QED) is 0.883. The van der Waals surface area contributed by atoms with Crippen LogP contribution in [0.4, 0.5) is 5.69 Å². The lowest BCUT2D eigenvalue weighted by atomic mass is 10.0. The molecule has 1 saturated heterocycles. The minimum Gasteiger partial charge on any atom is -0.371 e. The molecule has 1 N–H and O–H groups in total. The second kappa shape index (κ2) is 5.27. The van der Waals surface area contributed by atoms with Gasteiger partial charge in [0.25, 0.3) is 0 Å². The molecule has 3 rings (SSSR count). The van der Waals surface area contributed by atoms with Gasteiger partial charge in [0, 0.05) is 43.3 Å². The van der Waals surface area contributed by atoms with Gasteiger partial charge in [-0.15, -0.1) is 0 Å². The lowest BCUT2D eigenvalue weighted by Gasteiger charge is -2.34. The monoisotopic (exact) mass is 245 g/mol. The molecule has 1 aromatic rings. The van der Waals surface area contributed by atoms with E-state index in [0.717, 1.165) is 18.0 Å². The molecule has 3 nitrogen and oxygen atoms in total. The van der Waals surface area contributed by atoms with Gasteiger partial charge in [0.15, 0.2) is 0 Å². The number of pyridine rings is 1. The van der Waals surface area contributed by atoms with Crippen molar-refractivity contribution in [1.82, 2.24) is 10.3 Å². The lowest BCUT2D eigenvalue weighted by molar-refractivity contribution is 0.404. The summed E-state index contributed by atoms with van der Waals surface area (Å²) in [6.45, 7) is 4.65. The molecule has 2 fully saturated rings. The molecule has 0 spiro atoms. The third-order valence-electron chi connectivity index (χ3n) is 4.42. The SMILES string of the molecule is CCC1CC1NC1CCN(c2ccncc2)CC1. The van der Waals surface area contributed by atoms with E-state index in [1.165, 1.54) is 44.5 Å². The molecule has 18 heavy (non-hydrogen) atoms. The highest BCUT2D eigenvalue weighted by molar-refractivity contribution is 5.44. The number of hydrogen-bond donors (Lipinski definition) is 1. The summed E-state index contributed by atoms with van der Waals surface area (Å²) >= 11 is 0. The largest absolute Gasteiger partial charge is 0.371 e. The van der Waals surface area contributed by atoms with Crippen molar-refractivity contribution in [1.29, 1.82) is 0 Å². The number of piperidine rings is 1. The highest BCUT2D eigenvalue weighted by atomic mass is 15.2. The third-order valence-corrected chi connectivity index (χ3v) is 4.42. The molecule has 2 aliphatic rings. The van der Waals surface area contributed by atoms with Crippen molar-refractivity contribution >= 4 is 5.69 Å². The number of aromatic nitrogens is 1.